The Morgan fingerprint density at radius 2 is 1.90 bits per heavy atom. The van der Waals surface area contributed by atoms with Gasteiger partial charge in [-0.2, -0.15) is 18.4 Å². The minimum Gasteiger partial charge on any atom is -0.382 e. The van der Waals surface area contributed by atoms with Gasteiger partial charge >= 0.3 is 6.18 Å². The minimum absolute atomic E-state index is 0.170. The van der Waals surface area contributed by atoms with Crippen molar-refractivity contribution in [3.63, 3.8) is 0 Å². The van der Waals surface area contributed by atoms with Gasteiger partial charge in [-0.3, -0.25) is 0 Å². The Balaban J connectivity index is 2.95. The number of hydrogen-bond donors (Lipinski definition) is 1. The molecule has 5 heteroatoms. The topological polar surface area (TPSA) is 35.8 Å². The Hall–Kier alpha value is -1.70. The summed E-state index contributed by atoms with van der Waals surface area (Å²) < 4.78 is 38.8. The fourth-order valence-corrected chi connectivity index (χ4v) is 2.29. The summed E-state index contributed by atoms with van der Waals surface area (Å²) in [5.41, 5.74) is -0.787. The molecule has 0 fully saturated rings. The van der Waals surface area contributed by atoms with E-state index >= 15 is 0 Å². The van der Waals surface area contributed by atoms with Gasteiger partial charge in [-0.05, 0) is 31.0 Å². The van der Waals surface area contributed by atoms with Crippen LogP contribution in [0.15, 0.2) is 18.2 Å². The van der Waals surface area contributed by atoms with Crippen molar-refractivity contribution in [2.75, 3.05) is 5.32 Å². The van der Waals surface area contributed by atoms with Gasteiger partial charge in [0.15, 0.2) is 0 Å². The Kier molecular flexibility index (Phi) is 6.54. The van der Waals surface area contributed by atoms with Gasteiger partial charge in [0.05, 0.1) is 17.2 Å². The lowest BCUT2D eigenvalue weighted by Crippen LogP contribution is -2.20. The molecule has 21 heavy (non-hydrogen) atoms. The van der Waals surface area contributed by atoms with Crippen LogP contribution in [0.3, 0.4) is 0 Å². The summed E-state index contributed by atoms with van der Waals surface area (Å²) in [6.07, 6.45) is 0.423. The normalized spacial score (nSPS) is 12.8. The Morgan fingerprint density at radius 3 is 2.43 bits per heavy atom. The van der Waals surface area contributed by atoms with Crippen molar-refractivity contribution in [3.8, 4) is 6.07 Å². The average Bonchev–Trinajstić information content (AvgIpc) is 2.44. The zero-order chi connectivity index (χ0) is 15.9. The lowest BCUT2D eigenvalue weighted by Gasteiger charge is -2.20. The molecule has 0 heterocycles. The third-order valence-electron chi connectivity index (χ3n) is 3.36. The van der Waals surface area contributed by atoms with Crippen molar-refractivity contribution >= 4 is 5.69 Å². The summed E-state index contributed by atoms with van der Waals surface area (Å²) in [4.78, 5) is 0. The second kappa shape index (κ2) is 7.92. The van der Waals surface area contributed by atoms with Gasteiger partial charge in [-0.25, -0.2) is 0 Å². The SMILES string of the molecule is CCCCC(CCC)Nc1ccc(C#N)c(C(F)(F)F)c1. The molecule has 0 amide bonds. The molecule has 0 saturated carbocycles. The third kappa shape index (κ3) is 5.30. The van der Waals surface area contributed by atoms with E-state index in [0.29, 0.717) is 5.69 Å². The van der Waals surface area contributed by atoms with Crippen LogP contribution < -0.4 is 5.32 Å². The number of alkyl halides is 3. The third-order valence-corrected chi connectivity index (χ3v) is 3.36. The van der Waals surface area contributed by atoms with E-state index in [9.17, 15) is 13.2 Å². The van der Waals surface area contributed by atoms with Crippen molar-refractivity contribution in [1.82, 2.24) is 0 Å². The van der Waals surface area contributed by atoms with Gasteiger partial charge in [0.2, 0.25) is 0 Å². The predicted octanol–water partition coefficient (Wildman–Crippen LogP) is 5.35. The van der Waals surface area contributed by atoms with Gasteiger partial charge in [-0.15, -0.1) is 0 Å². The van der Waals surface area contributed by atoms with E-state index in [0.717, 1.165) is 38.2 Å². The number of nitrogens with one attached hydrogen (secondary N) is 1. The van der Waals surface area contributed by atoms with Gasteiger partial charge in [0.25, 0.3) is 0 Å². The number of rotatable bonds is 7. The zero-order valence-electron chi connectivity index (χ0n) is 12.4. The summed E-state index contributed by atoms with van der Waals surface area (Å²) in [6.45, 7) is 4.15. The summed E-state index contributed by atoms with van der Waals surface area (Å²) in [5.74, 6) is 0. The fraction of sp³-hybridized carbons (Fsp3) is 0.562. The molecule has 0 spiro atoms. The Labute approximate surface area is 124 Å². The number of benzene rings is 1. The van der Waals surface area contributed by atoms with Gasteiger partial charge in [0, 0.05) is 11.7 Å². The lowest BCUT2D eigenvalue weighted by molar-refractivity contribution is -0.137. The molecule has 0 bridgehead atoms. The molecule has 1 aromatic rings. The molecule has 0 aromatic heterocycles. The van der Waals surface area contributed by atoms with Crippen LogP contribution in [-0.4, -0.2) is 6.04 Å². The van der Waals surface area contributed by atoms with Crippen LogP contribution in [0.2, 0.25) is 0 Å². The molecule has 1 N–H and O–H groups in total. The van der Waals surface area contributed by atoms with Crippen LogP contribution in [0, 0.1) is 11.3 Å². The van der Waals surface area contributed by atoms with E-state index in [1.807, 2.05) is 0 Å². The lowest BCUT2D eigenvalue weighted by atomic mass is 10.0. The minimum atomic E-state index is -4.51. The highest BCUT2D eigenvalue weighted by Crippen LogP contribution is 2.33. The van der Waals surface area contributed by atoms with Crippen LogP contribution in [0.1, 0.15) is 57.1 Å². The summed E-state index contributed by atoms with van der Waals surface area (Å²) >= 11 is 0. The molecule has 0 aliphatic carbocycles. The fourth-order valence-electron chi connectivity index (χ4n) is 2.29. The van der Waals surface area contributed by atoms with Gasteiger partial charge in [-0.1, -0.05) is 33.1 Å². The molecule has 116 valence electrons. The second-order valence-corrected chi connectivity index (χ2v) is 5.14. The maximum absolute atomic E-state index is 12.9. The average molecular weight is 298 g/mol. The van der Waals surface area contributed by atoms with Crippen LogP contribution in [0.25, 0.3) is 0 Å². The van der Waals surface area contributed by atoms with Crippen LogP contribution >= 0.6 is 0 Å². The molecular formula is C16H21F3N2. The number of unbranched alkanes of at least 4 members (excludes halogenated alkanes) is 1. The quantitative estimate of drug-likeness (QED) is 0.736. The van der Waals surface area contributed by atoms with Crippen molar-refractivity contribution in [2.45, 2.75) is 58.2 Å². The first-order valence-electron chi connectivity index (χ1n) is 7.30. The molecule has 0 aliphatic heterocycles. The first-order chi connectivity index (χ1) is 9.92. The van der Waals surface area contributed by atoms with Crippen LogP contribution in [-0.2, 0) is 6.18 Å². The van der Waals surface area contributed by atoms with Gasteiger partial charge in [0.1, 0.15) is 0 Å². The standard InChI is InChI=1S/C16H21F3N2/c1-3-5-7-13(6-4-2)21-14-9-8-12(11-20)15(10-14)16(17,18)19/h8-10,13,21H,3-7H2,1-2H3. The number of halogens is 3. The van der Waals surface area contributed by atoms with Crippen molar-refractivity contribution < 1.29 is 13.2 Å². The maximum atomic E-state index is 12.9. The Morgan fingerprint density at radius 1 is 1.19 bits per heavy atom. The molecule has 1 atom stereocenters. The molecule has 0 saturated heterocycles. The van der Waals surface area contributed by atoms with Gasteiger partial charge < -0.3 is 5.32 Å². The molecule has 1 unspecified atom stereocenters. The zero-order valence-corrected chi connectivity index (χ0v) is 12.4. The Bertz CT molecular complexity index is 489. The molecule has 2 nitrogen and oxygen atoms in total. The monoisotopic (exact) mass is 298 g/mol. The van der Waals surface area contributed by atoms with Crippen molar-refractivity contribution in [2.24, 2.45) is 0 Å². The summed E-state index contributed by atoms with van der Waals surface area (Å²) in [5, 5.41) is 12.0. The predicted molar refractivity (Wildman–Crippen MR) is 78.0 cm³/mol. The summed E-state index contributed by atoms with van der Waals surface area (Å²) in [6, 6.07) is 5.57. The highest BCUT2D eigenvalue weighted by atomic mass is 19.4. The number of hydrogen-bond acceptors (Lipinski definition) is 2. The number of nitrogens with zero attached hydrogens (tertiary/aromatic N) is 1. The highest BCUT2D eigenvalue weighted by molar-refractivity contribution is 5.53. The molecule has 0 aliphatic rings. The van der Waals surface area contributed by atoms with E-state index in [1.165, 1.54) is 6.07 Å². The van der Waals surface area contributed by atoms with E-state index in [4.69, 9.17) is 5.26 Å². The largest absolute Gasteiger partial charge is 0.417 e. The highest BCUT2D eigenvalue weighted by Gasteiger charge is 2.33. The van der Waals surface area contributed by atoms with E-state index in [2.05, 4.69) is 19.2 Å². The molecule has 0 radical (unpaired) electrons. The smallest absolute Gasteiger partial charge is 0.382 e. The molecule has 1 aromatic carbocycles. The molecular weight excluding hydrogens is 277 g/mol. The van der Waals surface area contributed by atoms with Crippen LogP contribution in [0.5, 0.6) is 0 Å². The van der Waals surface area contributed by atoms with Crippen molar-refractivity contribution in [1.29, 1.82) is 5.26 Å². The van der Waals surface area contributed by atoms with E-state index < -0.39 is 11.7 Å². The van der Waals surface area contributed by atoms with Crippen LogP contribution in [0.4, 0.5) is 18.9 Å². The van der Waals surface area contributed by atoms with Crippen molar-refractivity contribution in [3.05, 3.63) is 29.3 Å². The maximum Gasteiger partial charge on any atom is 0.417 e. The first kappa shape index (κ1) is 17.4. The molecule has 1 rings (SSSR count). The summed E-state index contributed by atoms with van der Waals surface area (Å²) in [7, 11) is 0. The number of nitriles is 1. The number of anilines is 1. The first-order valence-corrected chi connectivity index (χ1v) is 7.30. The second-order valence-electron chi connectivity index (χ2n) is 5.14. The van der Waals surface area contributed by atoms with E-state index in [-0.39, 0.29) is 11.6 Å². The van der Waals surface area contributed by atoms with E-state index in [1.54, 1.807) is 12.1 Å².